The van der Waals surface area contributed by atoms with Crippen LogP contribution in [0.2, 0.25) is 0 Å². The van der Waals surface area contributed by atoms with Crippen molar-refractivity contribution in [1.29, 1.82) is 0 Å². The summed E-state index contributed by atoms with van der Waals surface area (Å²) >= 11 is 0. The summed E-state index contributed by atoms with van der Waals surface area (Å²) in [6.07, 6.45) is 0.630. The maximum atomic E-state index is 12.4. The van der Waals surface area contributed by atoms with Gasteiger partial charge >= 0.3 is 11.9 Å². The molecule has 0 aliphatic carbocycles. The van der Waals surface area contributed by atoms with Gasteiger partial charge in [-0.2, -0.15) is 0 Å². The molecule has 2 heterocycles. The molecule has 6 nitrogen and oxygen atoms in total. The van der Waals surface area contributed by atoms with Gasteiger partial charge in [-0.05, 0) is 39.3 Å². The van der Waals surface area contributed by atoms with Gasteiger partial charge in [-0.1, -0.05) is 0 Å². The van der Waals surface area contributed by atoms with Crippen molar-refractivity contribution >= 4 is 11.9 Å². The van der Waals surface area contributed by atoms with Crippen molar-refractivity contribution in [2.75, 3.05) is 6.54 Å². The first-order valence-corrected chi connectivity index (χ1v) is 6.60. The molecule has 1 aromatic rings. The van der Waals surface area contributed by atoms with E-state index in [0.717, 1.165) is 17.8 Å². The number of hydrogen-bond donors (Lipinski definition) is 2. The lowest BCUT2D eigenvalue weighted by molar-refractivity contribution is 0.00644. The van der Waals surface area contributed by atoms with Gasteiger partial charge < -0.3 is 19.7 Å². The average molecular weight is 280 g/mol. The molecule has 0 fully saturated rings. The van der Waals surface area contributed by atoms with Gasteiger partial charge in [-0.15, -0.1) is 0 Å². The van der Waals surface area contributed by atoms with E-state index < -0.39 is 17.5 Å². The Hall–Kier alpha value is -1.82. The van der Waals surface area contributed by atoms with E-state index in [1.54, 1.807) is 32.4 Å². The summed E-state index contributed by atoms with van der Waals surface area (Å²) in [5.74, 6) is -1.67. The molecule has 20 heavy (non-hydrogen) atoms. The highest BCUT2D eigenvalue weighted by molar-refractivity contribution is 6.03. The van der Waals surface area contributed by atoms with Gasteiger partial charge in [0, 0.05) is 19.3 Å². The van der Waals surface area contributed by atoms with Crippen LogP contribution in [0, 0.1) is 0 Å². The number of fused-ring (bicyclic) bond motifs is 1. The first kappa shape index (κ1) is 14.6. The van der Waals surface area contributed by atoms with E-state index >= 15 is 0 Å². The number of nitrogens with zero attached hydrogens (tertiary/aromatic N) is 1. The van der Waals surface area contributed by atoms with Crippen LogP contribution in [-0.4, -0.2) is 33.8 Å². The minimum absolute atomic E-state index is 0.00736. The molecule has 0 saturated carbocycles. The number of rotatable bonds is 2. The second-order valence-corrected chi connectivity index (χ2v) is 5.94. The van der Waals surface area contributed by atoms with E-state index in [0.29, 0.717) is 13.0 Å². The summed E-state index contributed by atoms with van der Waals surface area (Å²) in [5.41, 5.74) is 1.19. The molecule has 2 N–H and O–H groups in total. The second kappa shape index (κ2) is 4.94. The third-order valence-corrected chi connectivity index (χ3v) is 3.28. The van der Waals surface area contributed by atoms with Crippen molar-refractivity contribution in [2.45, 2.75) is 39.3 Å². The molecule has 0 amide bonds. The van der Waals surface area contributed by atoms with E-state index in [2.05, 4.69) is 5.32 Å². The van der Waals surface area contributed by atoms with Crippen LogP contribution in [0.25, 0.3) is 0 Å². The first-order chi connectivity index (χ1) is 9.22. The van der Waals surface area contributed by atoms with Gasteiger partial charge in [0.15, 0.2) is 0 Å². The highest BCUT2D eigenvalue weighted by Gasteiger charge is 2.33. The molecule has 0 aromatic carbocycles. The Balaban J connectivity index is 2.56. The summed E-state index contributed by atoms with van der Waals surface area (Å²) in [7, 11) is 1.67. The summed E-state index contributed by atoms with van der Waals surface area (Å²) in [6, 6.07) is 0. The SMILES string of the molecule is Cn1c2c(c(C(=O)OC(C)(C)C)c1C(=O)O)CCNC2. The number of esters is 1. The Morgan fingerprint density at radius 3 is 2.55 bits per heavy atom. The number of carboxylic acids is 1. The molecule has 1 aliphatic heterocycles. The molecule has 0 spiro atoms. The maximum Gasteiger partial charge on any atom is 0.353 e. The lowest BCUT2D eigenvalue weighted by atomic mass is 10.0. The number of hydrogen-bond acceptors (Lipinski definition) is 4. The number of carboxylic acid groups (broad SMARTS) is 1. The number of carbonyl (C=O) groups is 2. The average Bonchev–Trinajstić information content (AvgIpc) is 2.61. The van der Waals surface area contributed by atoms with Crippen molar-refractivity contribution in [3.63, 3.8) is 0 Å². The quantitative estimate of drug-likeness (QED) is 0.799. The van der Waals surface area contributed by atoms with Crippen LogP contribution in [0.3, 0.4) is 0 Å². The van der Waals surface area contributed by atoms with Crippen LogP contribution in [0.1, 0.15) is 52.9 Å². The van der Waals surface area contributed by atoms with Crippen LogP contribution in [0.4, 0.5) is 0 Å². The summed E-state index contributed by atoms with van der Waals surface area (Å²) < 4.78 is 6.93. The third-order valence-electron chi connectivity index (χ3n) is 3.28. The number of nitrogens with one attached hydrogen (secondary N) is 1. The van der Waals surface area contributed by atoms with Gasteiger partial charge in [0.2, 0.25) is 0 Å². The van der Waals surface area contributed by atoms with Crippen molar-refractivity contribution < 1.29 is 19.4 Å². The molecule has 0 saturated heterocycles. The van der Waals surface area contributed by atoms with Crippen LogP contribution < -0.4 is 5.32 Å². The number of carbonyl (C=O) groups excluding carboxylic acids is 1. The predicted octanol–water partition coefficient (Wildman–Crippen LogP) is 1.32. The Morgan fingerprint density at radius 1 is 1.35 bits per heavy atom. The number of ether oxygens (including phenoxy) is 1. The molecular formula is C14H20N2O4. The first-order valence-electron chi connectivity index (χ1n) is 6.60. The molecule has 0 bridgehead atoms. The zero-order chi connectivity index (χ0) is 15.1. The van der Waals surface area contributed by atoms with E-state index in [1.165, 1.54) is 0 Å². The monoisotopic (exact) mass is 280 g/mol. The topological polar surface area (TPSA) is 80.6 Å². The lowest BCUT2D eigenvalue weighted by Crippen LogP contribution is -2.27. The van der Waals surface area contributed by atoms with Crippen LogP contribution in [0.5, 0.6) is 0 Å². The van der Waals surface area contributed by atoms with Crippen LogP contribution in [0.15, 0.2) is 0 Å². The predicted molar refractivity (Wildman–Crippen MR) is 73.0 cm³/mol. The van der Waals surface area contributed by atoms with E-state index in [4.69, 9.17) is 4.74 Å². The molecule has 0 atom stereocenters. The third kappa shape index (κ3) is 2.56. The van der Waals surface area contributed by atoms with Gasteiger partial charge in [-0.3, -0.25) is 0 Å². The summed E-state index contributed by atoms with van der Waals surface area (Å²) in [4.78, 5) is 23.8. The van der Waals surface area contributed by atoms with E-state index in [1.807, 2.05) is 0 Å². The van der Waals surface area contributed by atoms with Gasteiger partial charge in [0.05, 0.1) is 5.56 Å². The lowest BCUT2D eigenvalue weighted by Gasteiger charge is -2.20. The van der Waals surface area contributed by atoms with Crippen LogP contribution in [-0.2, 0) is 24.8 Å². The van der Waals surface area contributed by atoms with Gasteiger partial charge in [-0.25, -0.2) is 9.59 Å². The Morgan fingerprint density at radius 2 is 2.00 bits per heavy atom. The molecule has 110 valence electrons. The van der Waals surface area contributed by atoms with E-state index in [9.17, 15) is 14.7 Å². The van der Waals surface area contributed by atoms with Crippen molar-refractivity contribution in [1.82, 2.24) is 9.88 Å². The highest BCUT2D eigenvalue weighted by atomic mass is 16.6. The Kier molecular flexibility index (Phi) is 3.60. The number of aromatic nitrogens is 1. The summed E-state index contributed by atoms with van der Waals surface area (Å²) in [5, 5.41) is 12.6. The minimum Gasteiger partial charge on any atom is -0.477 e. The molecule has 0 radical (unpaired) electrons. The zero-order valence-electron chi connectivity index (χ0n) is 12.2. The summed E-state index contributed by atoms with van der Waals surface area (Å²) in [6.45, 7) is 6.59. The molecule has 6 heteroatoms. The minimum atomic E-state index is -1.11. The standard InChI is InChI=1S/C14H20N2O4/c1-14(2,3)20-13(19)10-8-5-6-15-7-9(8)16(4)11(10)12(17)18/h15H,5-7H2,1-4H3,(H,17,18). The van der Waals surface area contributed by atoms with Crippen LogP contribution >= 0.6 is 0 Å². The van der Waals surface area contributed by atoms with Crippen molar-refractivity contribution in [2.24, 2.45) is 7.05 Å². The number of aromatic carboxylic acids is 1. The molecular weight excluding hydrogens is 260 g/mol. The van der Waals surface area contributed by atoms with Crippen molar-refractivity contribution in [3.05, 3.63) is 22.5 Å². The Labute approximate surface area is 117 Å². The maximum absolute atomic E-state index is 12.4. The second-order valence-electron chi connectivity index (χ2n) is 5.94. The highest BCUT2D eigenvalue weighted by Crippen LogP contribution is 2.27. The fourth-order valence-corrected chi connectivity index (χ4v) is 2.51. The zero-order valence-corrected chi connectivity index (χ0v) is 12.2. The molecule has 1 aliphatic rings. The smallest absolute Gasteiger partial charge is 0.353 e. The Bertz CT molecular complexity index is 567. The largest absolute Gasteiger partial charge is 0.477 e. The van der Waals surface area contributed by atoms with Gasteiger partial charge in [0.1, 0.15) is 11.3 Å². The van der Waals surface area contributed by atoms with E-state index in [-0.39, 0.29) is 11.3 Å². The van der Waals surface area contributed by atoms with Gasteiger partial charge in [0.25, 0.3) is 0 Å². The molecule has 2 rings (SSSR count). The molecule has 0 unspecified atom stereocenters. The van der Waals surface area contributed by atoms with Crippen molar-refractivity contribution in [3.8, 4) is 0 Å². The fraction of sp³-hybridized carbons (Fsp3) is 0.571. The fourth-order valence-electron chi connectivity index (χ4n) is 2.51. The normalized spacial score (nSPS) is 14.8. The molecule has 1 aromatic heterocycles.